The van der Waals surface area contributed by atoms with Gasteiger partial charge in [0.1, 0.15) is 17.6 Å². The lowest BCUT2D eigenvalue weighted by Crippen LogP contribution is -2.37. The van der Waals surface area contributed by atoms with Crippen LogP contribution in [0.25, 0.3) is 0 Å². The summed E-state index contributed by atoms with van der Waals surface area (Å²) < 4.78 is 11.6. The Balaban J connectivity index is 0.00000264. The minimum Gasteiger partial charge on any atom is -0.494 e. The minimum atomic E-state index is 0. The van der Waals surface area contributed by atoms with Crippen molar-refractivity contribution in [2.24, 2.45) is 4.99 Å². The minimum absolute atomic E-state index is 0. The molecule has 0 fully saturated rings. The zero-order valence-corrected chi connectivity index (χ0v) is 16.1. The lowest BCUT2D eigenvalue weighted by Gasteiger charge is -2.15. The summed E-state index contributed by atoms with van der Waals surface area (Å²) in [6.07, 6.45) is 6.39. The van der Waals surface area contributed by atoms with E-state index in [1.54, 1.807) is 7.05 Å². The number of benzene rings is 1. The van der Waals surface area contributed by atoms with Gasteiger partial charge in [-0.1, -0.05) is 5.92 Å². The van der Waals surface area contributed by atoms with Gasteiger partial charge >= 0.3 is 0 Å². The predicted octanol–water partition coefficient (Wildman–Crippen LogP) is 2.32. The van der Waals surface area contributed by atoms with E-state index >= 15 is 0 Å². The zero-order chi connectivity index (χ0) is 15.9. The molecule has 1 atom stereocenters. The second-order valence-electron chi connectivity index (χ2n) is 5.12. The van der Waals surface area contributed by atoms with Crippen molar-refractivity contribution in [3.63, 3.8) is 0 Å². The molecular weight excluding hydrogens is 405 g/mol. The standard InChI is InChI=1S/C17H23N3O2.HI/c1-5-7-19-17(18-4)20-11-14-10-16-13(8-12(3)22-16)9-15(14)21-6-2;/h1,9-10,12H,6-8,11H2,2-4H3,(H2,18,19,20);1H. The van der Waals surface area contributed by atoms with Gasteiger partial charge in [-0.05, 0) is 26.0 Å². The summed E-state index contributed by atoms with van der Waals surface area (Å²) >= 11 is 0. The summed E-state index contributed by atoms with van der Waals surface area (Å²) in [5, 5.41) is 6.26. The number of fused-ring (bicyclic) bond motifs is 1. The molecule has 0 radical (unpaired) electrons. The highest BCUT2D eigenvalue weighted by atomic mass is 127. The number of hydrogen-bond acceptors (Lipinski definition) is 3. The van der Waals surface area contributed by atoms with Crippen molar-refractivity contribution in [3.05, 3.63) is 23.3 Å². The van der Waals surface area contributed by atoms with Gasteiger partial charge in [-0.3, -0.25) is 4.99 Å². The van der Waals surface area contributed by atoms with Gasteiger partial charge in [-0.25, -0.2) is 0 Å². The largest absolute Gasteiger partial charge is 0.494 e. The van der Waals surface area contributed by atoms with Crippen LogP contribution in [0.1, 0.15) is 25.0 Å². The van der Waals surface area contributed by atoms with Crippen LogP contribution in [0, 0.1) is 12.3 Å². The van der Waals surface area contributed by atoms with Gasteiger partial charge in [0.25, 0.3) is 0 Å². The van der Waals surface area contributed by atoms with E-state index in [2.05, 4.69) is 34.5 Å². The number of guanidine groups is 1. The molecule has 1 aromatic rings. The molecule has 1 heterocycles. The van der Waals surface area contributed by atoms with Crippen LogP contribution in [0.5, 0.6) is 11.5 Å². The number of nitrogens with zero attached hydrogens (tertiary/aromatic N) is 1. The number of nitrogens with one attached hydrogen (secondary N) is 2. The van der Waals surface area contributed by atoms with E-state index in [1.165, 1.54) is 5.56 Å². The van der Waals surface area contributed by atoms with Crippen molar-refractivity contribution in [2.75, 3.05) is 20.2 Å². The van der Waals surface area contributed by atoms with Crippen LogP contribution in [0.15, 0.2) is 17.1 Å². The van der Waals surface area contributed by atoms with Gasteiger partial charge in [0.15, 0.2) is 5.96 Å². The van der Waals surface area contributed by atoms with E-state index in [0.29, 0.717) is 25.7 Å². The summed E-state index contributed by atoms with van der Waals surface area (Å²) in [4.78, 5) is 4.13. The fraction of sp³-hybridized carbons (Fsp3) is 0.471. The van der Waals surface area contributed by atoms with Crippen molar-refractivity contribution >= 4 is 29.9 Å². The molecule has 0 aliphatic carbocycles. The third kappa shape index (κ3) is 5.20. The molecular formula is C17H24IN3O2. The summed E-state index contributed by atoms with van der Waals surface area (Å²) in [7, 11) is 1.71. The second kappa shape index (κ2) is 9.50. The Labute approximate surface area is 155 Å². The SMILES string of the molecule is C#CCNC(=NC)NCc1cc2c(cc1OCC)CC(C)O2.I. The Morgan fingerprint density at radius 2 is 2.26 bits per heavy atom. The van der Waals surface area contributed by atoms with Crippen molar-refractivity contribution < 1.29 is 9.47 Å². The molecule has 2 rings (SSSR count). The highest BCUT2D eigenvalue weighted by Crippen LogP contribution is 2.35. The predicted molar refractivity (Wildman–Crippen MR) is 104 cm³/mol. The fourth-order valence-corrected chi connectivity index (χ4v) is 2.44. The zero-order valence-electron chi connectivity index (χ0n) is 13.8. The number of terminal acetylenes is 1. The molecule has 0 bridgehead atoms. The van der Waals surface area contributed by atoms with Gasteiger partial charge < -0.3 is 20.1 Å². The summed E-state index contributed by atoms with van der Waals surface area (Å²) in [5.41, 5.74) is 2.24. The van der Waals surface area contributed by atoms with E-state index in [-0.39, 0.29) is 30.1 Å². The van der Waals surface area contributed by atoms with Crippen LogP contribution in [-0.2, 0) is 13.0 Å². The van der Waals surface area contributed by atoms with Crippen LogP contribution in [-0.4, -0.2) is 32.3 Å². The van der Waals surface area contributed by atoms with Gasteiger partial charge in [-0.2, -0.15) is 0 Å². The maximum absolute atomic E-state index is 5.82. The van der Waals surface area contributed by atoms with E-state index in [1.807, 2.05) is 13.0 Å². The van der Waals surface area contributed by atoms with Gasteiger partial charge in [0.2, 0.25) is 0 Å². The average Bonchev–Trinajstić information content (AvgIpc) is 2.86. The van der Waals surface area contributed by atoms with Gasteiger partial charge in [0.05, 0.1) is 13.2 Å². The van der Waals surface area contributed by atoms with E-state index in [4.69, 9.17) is 15.9 Å². The topological polar surface area (TPSA) is 54.9 Å². The normalized spacial score (nSPS) is 15.7. The molecule has 0 saturated carbocycles. The molecule has 0 amide bonds. The van der Waals surface area contributed by atoms with Crippen molar-refractivity contribution in [1.29, 1.82) is 0 Å². The molecule has 5 nitrogen and oxygen atoms in total. The van der Waals surface area contributed by atoms with Crippen LogP contribution >= 0.6 is 24.0 Å². The molecule has 1 aliphatic rings. The summed E-state index contributed by atoms with van der Waals surface area (Å²) in [6.45, 7) is 5.71. The average molecular weight is 429 g/mol. The first kappa shape index (κ1) is 19.4. The first-order valence-electron chi connectivity index (χ1n) is 7.51. The van der Waals surface area contributed by atoms with Crippen LogP contribution in [0.3, 0.4) is 0 Å². The quantitative estimate of drug-likeness (QED) is 0.327. The van der Waals surface area contributed by atoms with Crippen molar-refractivity contribution in [2.45, 2.75) is 32.9 Å². The maximum atomic E-state index is 5.82. The molecule has 0 aromatic heterocycles. The highest BCUT2D eigenvalue weighted by molar-refractivity contribution is 14.0. The molecule has 1 aromatic carbocycles. The number of ether oxygens (including phenoxy) is 2. The first-order valence-corrected chi connectivity index (χ1v) is 7.51. The molecule has 1 unspecified atom stereocenters. The van der Waals surface area contributed by atoms with E-state index in [0.717, 1.165) is 23.5 Å². The first-order chi connectivity index (χ1) is 10.7. The Morgan fingerprint density at radius 3 is 2.91 bits per heavy atom. The third-order valence-electron chi connectivity index (χ3n) is 3.41. The Bertz CT molecular complexity index is 596. The van der Waals surface area contributed by atoms with Crippen molar-refractivity contribution in [1.82, 2.24) is 10.6 Å². The van der Waals surface area contributed by atoms with Crippen LogP contribution in [0.4, 0.5) is 0 Å². The number of aliphatic imine (C=N–C) groups is 1. The second-order valence-corrected chi connectivity index (χ2v) is 5.12. The highest BCUT2D eigenvalue weighted by Gasteiger charge is 2.21. The molecule has 2 N–H and O–H groups in total. The smallest absolute Gasteiger partial charge is 0.192 e. The molecule has 0 saturated heterocycles. The fourth-order valence-electron chi connectivity index (χ4n) is 2.44. The lowest BCUT2D eigenvalue weighted by molar-refractivity contribution is 0.254. The summed E-state index contributed by atoms with van der Waals surface area (Å²) in [6, 6.07) is 4.13. The van der Waals surface area contributed by atoms with Crippen LogP contribution < -0.4 is 20.1 Å². The Hall–Kier alpha value is -1.62. The number of hydrogen-bond donors (Lipinski definition) is 2. The van der Waals surface area contributed by atoms with Crippen LogP contribution in [0.2, 0.25) is 0 Å². The number of halogens is 1. The Kier molecular flexibility index (Phi) is 8.03. The lowest BCUT2D eigenvalue weighted by atomic mass is 10.1. The molecule has 1 aliphatic heterocycles. The maximum Gasteiger partial charge on any atom is 0.192 e. The third-order valence-corrected chi connectivity index (χ3v) is 3.41. The van der Waals surface area contributed by atoms with E-state index in [9.17, 15) is 0 Å². The molecule has 126 valence electrons. The number of rotatable bonds is 5. The summed E-state index contributed by atoms with van der Waals surface area (Å²) in [5.74, 6) is 5.02. The Morgan fingerprint density at radius 1 is 1.48 bits per heavy atom. The molecule has 0 spiro atoms. The monoisotopic (exact) mass is 429 g/mol. The van der Waals surface area contributed by atoms with Gasteiger partial charge in [0, 0.05) is 31.1 Å². The van der Waals surface area contributed by atoms with Gasteiger partial charge in [-0.15, -0.1) is 30.4 Å². The molecule has 6 heteroatoms. The van der Waals surface area contributed by atoms with Crippen molar-refractivity contribution in [3.8, 4) is 23.8 Å². The molecule has 23 heavy (non-hydrogen) atoms. The van der Waals surface area contributed by atoms with E-state index < -0.39 is 0 Å².